The molecule has 0 saturated carbocycles. The van der Waals surface area contributed by atoms with Crippen LogP contribution in [0.5, 0.6) is 5.75 Å². The van der Waals surface area contributed by atoms with E-state index in [4.69, 9.17) is 9.84 Å². The average Bonchev–Trinajstić information content (AvgIpc) is 2.48. The Hall–Kier alpha value is -1.59. The molecular weight excluding hydrogens is 268 g/mol. The van der Waals surface area contributed by atoms with Crippen LogP contribution >= 0.6 is 0 Å². The third-order valence-electron chi connectivity index (χ3n) is 3.88. The van der Waals surface area contributed by atoms with E-state index in [1.807, 2.05) is 7.05 Å². The van der Waals surface area contributed by atoms with Crippen molar-refractivity contribution >= 4 is 5.97 Å². The minimum absolute atomic E-state index is 0.226. The third-order valence-corrected chi connectivity index (χ3v) is 3.88. The van der Waals surface area contributed by atoms with Gasteiger partial charge in [0.05, 0.1) is 0 Å². The summed E-state index contributed by atoms with van der Waals surface area (Å²) in [6, 6.07) is 6.79. The summed E-state index contributed by atoms with van der Waals surface area (Å²) < 4.78 is 5.66. The Morgan fingerprint density at radius 3 is 3.05 bits per heavy atom. The Morgan fingerprint density at radius 1 is 1.48 bits per heavy atom. The molecule has 1 aliphatic rings. The molecule has 1 saturated heterocycles. The molecule has 21 heavy (non-hydrogen) atoms. The van der Waals surface area contributed by atoms with Gasteiger partial charge < -0.3 is 15.2 Å². The van der Waals surface area contributed by atoms with Crippen molar-refractivity contribution < 1.29 is 14.6 Å². The average molecular weight is 292 g/mol. The Balaban J connectivity index is 1.80. The summed E-state index contributed by atoms with van der Waals surface area (Å²) in [6.07, 6.45) is 2.50. The highest BCUT2D eigenvalue weighted by molar-refractivity contribution is 5.90. The fourth-order valence-electron chi connectivity index (χ4n) is 2.86. The SMILES string of the molecule is CNCC1CCCN(CCOc2ccccc2C(=O)O)C1. The van der Waals surface area contributed by atoms with Crippen LogP contribution in [0.15, 0.2) is 24.3 Å². The zero-order chi connectivity index (χ0) is 15.1. The van der Waals surface area contributed by atoms with Gasteiger partial charge in [-0.2, -0.15) is 0 Å². The molecule has 0 aromatic heterocycles. The van der Waals surface area contributed by atoms with Crippen LogP contribution in [0.25, 0.3) is 0 Å². The highest BCUT2D eigenvalue weighted by Crippen LogP contribution is 2.19. The van der Waals surface area contributed by atoms with Crippen LogP contribution in [-0.4, -0.2) is 55.8 Å². The summed E-state index contributed by atoms with van der Waals surface area (Å²) in [5, 5.41) is 12.3. The predicted molar refractivity (Wildman–Crippen MR) is 82.0 cm³/mol. The van der Waals surface area contributed by atoms with Crippen molar-refractivity contribution in [2.45, 2.75) is 12.8 Å². The summed E-state index contributed by atoms with van der Waals surface area (Å²) >= 11 is 0. The van der Waals surface area contributed by atoms with Gasteiger partial charge in [0, 0.05) is 13.1 Å². The molecule has 2 rings (SSSR count). The molecule has 1 fully saturated rings. The van der Waals surface area contributed by atoms with E-state index in [9.17, 15) is 4.79 Å². The van der Waals surface area contributed by atoms with Gasteiger partial charge in [-0.3, -0.25) is 4.90 Å². The molecule has 2 N–H and O–H groups in total. The first-order valence-electron chi connectivity index (χ1n) is 7.52. The van der Waals surface area contributed by atoms with Gasteiger partial charge in [0.1, 0.15) is 17.9 Å². The molecule has 0 bridgehead atoms. The first-order chi connectivity index (χ1) is 10.2. The largest absolute Gasteiger partial charge is 0.491 e. The second-order valence-electron chi connectivity index (χ2n) is 5.52. The summed E-state index contributed by atoms with van der Waals surface area (Å²) in [5.74, 6) is 0.210. The van der Waals surface area contributed by atoms with Crippen molar-refractivity contribution in [3.8, 4) is 5.75 Å². The summed E-state index contributed by atoms with van der Waals surface area (Å²) in [6.45, 7) is 4.61. The first kappa shape index (κ1) is 15.8. The number of nitrogens with one attached hydrogen (secondary N) is 1. The number of nitrogens with zero attached hydrogens (tertiary/aromatic N) is 1. The number of aromatic carboxylic acids is 1. The lowest BCUT2D eigenvalue weighted by Gasteiger charge is -2.32. The number of carboxylic acids is 1. The molecule has 1 heterocycles. The number of benzene rings is 1. The van der Waals surface area contributed by atoms with Crippen LogP contribution in [0.4, 0.5) is 0 Å². The molecule has 0 spiro atoms. The molecule has 116 valence electrons. The Labute approximate surface area is 125 Å². The quantitative estimate of drug-likeness (QED) is 0.801. The molecule has 0 aliphatic carbocycles. The van der Waals surface area contributed by atoms with E-state index in [1.54, 1.807) is 24.3 Å². The van der Waals surface area contributed by atoms with Gasteiger partial charge in [0.2, 0.25) is 0 Å². The van der Waals surface area contributed by atoms with Crippen molar-refractivity contribution in [3.63, 3.8) is 0 Å². The van der Waals surface area contributed by atoms with Crippen LogP contribution in [0.2, 0.25) is 0 Å². The van der Waals surface area contributed by atoms with Crippen LogP contribution in [-0.2, 0) is 0 Å². The highest BCUT2D eigenvalue weighted by Gasteiger charge is 2.19. The normalized spacial score (nSPS) is 19.4. The molecule has 0 amide bonds. The summed E-state index contributed by atoms with van der Waals surface area (Å²) in [7, 11) is 1.99. The minimum Gasteiger partial charge on any atom is -0.491 e. The van der Waals surface area contributed by atoms with Crippen molar-refractivity contribution in [1.82, 2.24) is 10.2 Å². The van der Waals surface area contributed by atoms with Crippen LogP contribution in [0.3, 0.4) is 0 Å². The number of carboxylic acid groups (broad SMARTS) is 1. The van der Waals surface area contributed by atoms with Gasteiger partial charge >= 0.3 is 5.97 Å². The smallest absolute Gasteiger partial charge is 0.339 e. The lowest BCUT2D eigenvalue weighted by Crippen LogP contribution is -2.40. The topological polar surface area (TPSA) is 61.8 Å². The van der Waals surface area contributed by atoms with Gasteiger partial charge in [0.25, 0.3) is 0 Å². The van der Waals surface area contributed by atoms with E-state index in [2.05, 4.69) is 10.2 Å². The van der Waals surface area contributed by atoms with Crippen LogP contribution < -0.4 is 10.1 Å². The fraction of sp³-hybridized carbons (Fsp3) is 0.562. The van der Waals surface area contributed by atoms with Crippen molar-refractivity contribution in [3.05, 3.63) is 29.8 Å². The van der Waals surface area contributed by atoms with E-state index in [1.165, 1.54) is 12.8 Å². The van der Waals surface area contributed by atoms with Gasteiger partial charge in [0.15, 0.2) is 0 Å². The van der Waals surface area contributed by atoms with E-state index < -0.39 is 5.97 Å². The Morgan fingerprint density at radius 2 is 2.29 bits per heavy atom. The zero-order valence-electron chi connectivity index (χ0n) is 12.5. The Kier molecular flexibility index (Phi) is 6.02. The second-order valence-corrected chi connectivity index (χ2v) is 5.52. The summed E-state index contributed by atoms with van der Waals surface area (Å²) in [5.41, 5.74) is 0.226. The van der Waals surface area contributed by atoms with Gasteiger partial charge in [-0.25, -0.2) is 4.79 Å². The van der Waals surface area contributed by atoms with E-state index in [0.717, 1.165) is 26.2 Å². The maximum atomic E-state index is 11.1. The van der Waals surface area contributed by atoms with Crippen LogP contribution in [0.1, 0.15) is 23.2 Å². The Bertz CT molecular complexity index is 463. The van der Waals surface area contributed by atoms with Crippen molar-refractivity contribution in [2.75, 3.05) is 39.8 Å². The number of likely N-dealkylation sites (tertiary alicyclic amines) is 1. The predicted octanol–water partition coefficient (Wildman–Crippen LogP) is 1.69. The third kappa shape index (κ3) is 4.72. The molecule has 1 aliphatic heterocycles. The number of hydrogen-bond acceptors (Lipinski definition) is 4. The minimum atomic E-state index is -0.947. The molecular formula is C16H24N2O3. The first-order valence-corrected chi connectivity index (χ1v) is 7.52. The number of piperidine rings is 1. The number of para-hydroxylation sites is 1. The lowest BCUT2D eigenvalue weighted by atomic mass is 9.98. The second kappa shape index (κ2) is 8.00. The summed E-state index contributed by atoms with van der Waals surface area (Å²) in [4.78, 5) is 13.5. The van der Waals surface area contributed by atoms with Crippen molar-refractivity contribution in [2.24, 2.45) is 5.92 Å². The standard InChI is InChI=1S/C16H24N2O3/c1-17-11-13-5-4-8-18(12-13)9-10-21-15-7-3-2-6-14(15)16(19)20/h2-3,6-7,13,17H,4-5,8-12H2,1H3,(H,19,20). The lowest BCUT2D eigenvalue weighted by molar-refractivity contribution is 0.0691. The maximum Gasteiger partial charge on any atom is 0.339 e. The van der Waals surface area contributed by atoms with Gasteiger partial charge in [-0.1, -0.05) is 12.1 Å². The van der Waals surface area contributed by atoms with E-state index in [0.29, 0.717) is 18.3 Å². The number of rotatable bonds is 7. The van der Waals surface area contributed by atoms with Crippen LogP contribution in [0, 0.1) is 5.92 Å². The fourth-order valence-corrected chi connectivity index (χ4v) is 2.86. The molecule has 1 unspecified atom stereocenters. The number of carbonyl (C=O) groups is 1. The molecule has 5 nitrogen and oxygen atoms in total. The molecule has 0 radical (unpaired) electrons. The highest BCUT2D eigenvalue weighted by atomic mass is 16.5. The van der Waals surface area contributed by atoms with E-state index >= 15 is 0 Å². The molecule has 1 aromatic rings. The molecule has 1 aromatic carbocycles. The monoisotopic (exact) mass is 292 g/mol. The van der Waals surface area contributed by atoms with Gasteiger partial charge in [-0.15, -0.1) is 0 Å². The zero-order valence-corrected chi connectivity index (χ0v) is 12.5. The van der Waals surface area contributed by atoms with E-state index in [-0.39, 0.29) is 5.56 Å². The van der Waals surface area contributed by atoms with Crippen molar-refractivity contribution in [1.29, 1.82) is 0 Å². The molecule has 1 atom stereocenters. The maximum absolute atomic E-state index is 11.1. The number of ether oxygens (including phenoxy) is 1. The number of hydrogen-bond donors (Lipinski definition) is 2. The molecule has 5 heteroatoms. The van der Waals surface area contributed by atoms with Gasteiger partial charge in [-0.05, 0) is 51.0 Å².